The molecule has 1 aliphatic carbocycles. The Labute approximate surface area is 170 Å². The van der Waals surface area contributed by atoms with Gasteiger partial charge in [-0.1, -0.05) is 25.7 Å². The average Bonchev–Trinajstić information content (AvgIpc) is 3.38. The van der Waals surface area contributed by atoms with Crippen LogP contribution in [0.5, 0.6) is 0 Å². The highest BCUT2D eigenvalue weighted by Gasteiger charge is 2.21. The molecule has 3 heterocycles. The van der Waals surface area contributed by atoms with Crippen molar-refractivity contribution in [2.45, 2.75) is 31.7 Å². The first kappa shape index (κ1) is 18.6. The predicted octanol–water partition coefficient (Wildman–Crippen LogP) is 3.75. The van der Waals surface area contributed by atoms with Gasteiger partial charge in [0.1, 0.15) is 21.9 Å². The Morgan fingerprint density at radius 1 is 1.18 bits per heavy atom. The molecule has 0 atom stereocenters. The highest BCUT2D eigenvalue weighted by molar-refractivity contribution is 7.82. The van der Waals surface area contributed by atoms with E-state index in [-0.39, 0.29) is 17.0 Å². The highest BCUT2D eigenvalue weighted by Crippen LogP contribution is 2.28. The molecule has 144 valence electrons. The van der Waals surface area contributed by atoms with E-state index in [2.05, 4.69) is 33.1 Å². The fourth-order valence-electron chi connectivity index (χ4n) is 3.12. The normalized spacial score (nSPS) is 14.3. The maximum atomic E-state index is 12.4. The molecule has 10 heteroatoms. The summed E-state index contributed by atoms with van der Waals surface area (Å²) in [4.78, 5) is 37.6. The number of fused-ring (bicyclic) bond motifs is 1. The van der Waals surface area contributed by atoms with Gasteiger partial charge in [-0.2, -0.15) is 0 Å². The molecular weight excluding hydrogens is 398 g/mol. The van der Waals surface area contributed by atoms with Crippen LogP contribution in [0, 0.1) is 0 Å². The molecule has 0 saturated heterocycles. The number of hydrogen-bond acceptors (Lipinski definition) is 7. The maximum Gasteiger partial charge on any atom is 0.345 e. The van der Waals surface area contributed by atoms with Gasteiger partial charge >= 0.3 is 12.0 Å². The Morgan fingerprint density at radius 3 is 2.68 bits per heavy atom. The van der Waals surface area contributed by atoms with Crippen LogP contribution in [0.15, 0.2) is 30.5 Å². The summed E-state index contributed by atoms with van der Waals surface area (Å²) in [6, 6.07) is 6.45. The van der Waals surface area contributed by atoms with E-state index in [1.54, 1.807) is 24.4 Å². The van der Waals surface area contributed by atoms with E-state index in [1.165, 1.54) is 10.4 Å². The topological polar surface area (TPSA) is 108 Å². The van der Waals surface area contributed by atoms with E-state index in [4.69, 9.17) is 5.11 Å². The molecular formula is C18H17N5O3S2. The van der Waals surface area contributed by atoms with Crippen molar-refractivity contribution in [1.29, 1.82) is 0 Å². The molecule has 8 nitrogen and oxygen atoms in total. The molecule has 4 rings (SSSR count). The lowest BCUT2D eigenvalue weighted by Crippen LogP contribution is -2.40. The van der Waals surface area contributed by atoms with Gasteiger partial charge in [-0.25, -0.2) is 23.9 Å². The van der Waals surface area contributed by atoms with Gasteiger partial charge in [0.05, 0.1) is 11.1 Å². The lowest BCUT2D eigenvalue weighted by atomic mass is 10.2. The first-order valence-corrected chi connectivity index (χ1v) is 10.00. The SMILES string of the molecule is O=C(O)c1ccc(-c2cnc3ccc(N(S)C(=O)NC4CCCC4)nc3n2)s1. The van der Waals surface area contributed by atoms with Crippen LogP contribution in [0.1, 0.15) is 35.4 Å². The van der Waals surface area contributed by atoms with Gasteiger partial charge in [0.15, 0.2) is 5.65 Å². The summed E-state index contributed by atoms with van der Waals surface area (Å²) in [6.45, 7) is 0. The zero-order valence-electron chi connectivity index (χ0n) is 14.7. The number of carbonyl (C=O) groups excluding carboxylic acids is 1. The summed E-state index contributed by atoms with van der Waals surface area (Å²) >= 11 is 5.40. The second-order valence-corrected chi connectivity index (χ2v) is 7.96. The third kappa shape index (κ3) is 3.78. The fraction of sp³-hybridized carbons (Fsp3) is 0.278. The zero-order valence-corrected chi connectivity index (χ0v) is 16.4. The second kappa shape index (κ2) is 7.72. The summed E-state index contributed by atoms with van der Waals surface area (Å²) in [5, 5.41) is 12.0. The average molecular weight is 416 g/mol. The first-order valence-electron chi connectivity index (χ1n) is 8.78. The van der Waals surface area contributed by atoms with Gasteiger partial charge in [-0.05, 0) is 37.1 Å². The van der Waals surface area contributed by atoms with Gasteiger partial charge < -0.3 is 10.4 Å². The lowest BCUT2D eigenvalue weighted by Gasteiger charge is -2.19. The molecule has 3 aromatic heterocycles. The number of rotatable bonds is 4. The first-order chi connectivity index (χ1) is 13.5. The third-order valence-electron chi connectivity index (χ3n) is 4.55. The maximum absolute atomic E-state index is 12.4. The van der Waals surface area contributed by atoms with Crippen molar-refractivity contribution >= 4 is 53.1 Å². The van der Waals surface area contributed by atoms with Crippen LogP contribution in [0.25, 0.3) is 21.7 Å². The molecule has 1 aliphatic rings. The van der Waals surface area contributed by atoms with Crippen molar-refractivity contribution in [2.75, 3.05) is 4.31 Å². The number of carboxylic acids is 1. The summed E-state index contributed by atoms with van der Waals surface area (Å²) in [6.07, 6.45) is 5.78. The molecule has 0 bridgehead atoms. The molecule has 1 saturated carbocycles. The van der Waals surface area contributed by atoms with E-state index >= 15 is 0 Å². The van der Waals surface area contributed by atoms with Gasteiger partial charge in [0.25, 0.3) is 0 Å². The van der Waals surface area contributed by atoms with Crippen LogP contribution >= 0.6 is 24.2 Å². The van der Waals surface area contributed by atoms with Gasteiger partial charge in [-0.3, -0.25) is 4.98 Å². The van der Waals surface area contributed by atoms with Crippen LogP contribution in [-0.4, -0.2) is 38.1 Å². The van der Waals surface area contributed by atoms with Crippen molar-refractivity contribution in [3.8, 4) is 10.6 Å². The monoisotopic (exact) mass is 415 g/mol. The quantitative estimate of drug-likeness (QED) is 0.560. The molecule has 1 fully saturated rings. The molecule has 28 heavy (non-hydrogen) atoms. The summed E-state index contributed by atoms with van der Waals surface area (Å²) < 4.78 is 1.17. The van der Waals surface area contributed by atoms with E-state index < -0.39 is 5.97 Å². The van der Waals surface area contributed by atoms with Crippen molar-refractivity contribution in [3.63, 3.8) is 0 Å². The number of aromatic nitrogens is 3. The smallest absolute Gasteiger partial charge is 0.345 e. The molecule has 0 spiro atoms. The molecule has 2 N–H and O–H groups in total. The fourth-order valence-corrected chi connectivity index (χ4v) is 4.09. The van der Waals surface area contributed by atoms with Crippen LogP contribution in [0.3, 0.4) is 0 Å². The Morgan fingerprint density at radius 2 is 1.96 bits per heavy atom. The summed E-state index contributed by atoms with van der Waals surface area (Å²) in [5.41, 5.74) is 1.45. The van der Waals surface area contributed by atoms with Gasteiger partial charge in [0, 0.05) is 6.04 Å². The van der Waals surface area contributed by atoms with Crippen LogP contribution < -0.4 is 9.62 Å². The van der Waals surface area contributed by atoms with Crippen molar-refractivity contribution in [3.05, 3.63) is 35.3 Å². The number of aromatic carboxylic acids is 1. The van der Waals surface area contributed by atoms with Crippen molar-refractivity contribution in [1.82, 2.24) is 20.3 Å². The van der Waals surface area contributed by atoms with E-state index in [0.29, 0.717) is 27.6 Å². The highest BCUT2D eigenvalue weighted by atomic mass is 32.1. The lowest BCUT2D eigenvalue weighted by molar-refractivity contribution is 0.0702. The van der Waals surface area contributed by atoms with E-state index in [0.717, 1.165) is 37.0 Å². The van der Waals surface area contributed by atoms with Crippen LogP contribution in [0.4, 0.5) is 10.6 Å². The van der Waals surface area contributed by atoms with Gasteiger partial charge in [-0.15, -0.1) is 11.3 Å². The standard InChI is InChI=1S/C18H17N5O3S2/c24-17(25)14-7-6-13(28-14)12-9-19-11-5-8-15(22-16(11)21-12)23(27)18(26)20-10-3-1-2-4-10/h5-10,27H,1-4H2,(H,20,26)(H,24,25). The number of nitrogens with one attached hydrogen (secondary N) is 1. The molecule has 3 aromatic rings. The number of thiophene rings is 1. The number of nitrogens with zero attached hydrogens (tertiary/aromatic N) is 4. The largest absolute Gasteiger partial charge is 0.477 e. The van der Waals surface area contributed by atoms with Crippen LogP contribution in [0.2, 0.25) is 0 Å². The minimum absolute atomic E-state index is 0.177. The number of anilines is 1. The third-order valence-corrected chi connectivity index (χ3v) is 6.04. The molecule has 0 unspecified atom stereocenters. The Hall–Kier alpha value is -2.72. The van der Waals surface area contributed by atoms with Crippen molar-refractivity contribution < 1.29 is 14.7 Å². The second-order valence-electron chi connectivity index (χ2n) is 6.48. The van der Waals surface area contributed by atoms with Gasteiger partial charge in [0.2, 0.25) is 0 Å². The number of pyridine rings is 1. The number of carbonyl (C=O) groups is 2. The molecule has 0 aliphatic heterocycles. The predicted molar refractivity (Wildman–Crippen MR) is 110 cm³/mol. The molecule has 0 aromatic carbocycles. The van der Waals surface area contributed by atoms with E-state index in [9.17, 15) is 9.59 Å². The Balaban J connectivity index is 1.59. The number of carboxylic acid groups (broad SMARTS) is 1. The van der Waals surface area contributed by atoms with E-state index in [1.807, 2.05) is 0 Å². The Bertz CT molecular complexity index is 1050. The summed E-state index contributed by atoms with van der Waals surface area (Å²) in [7, 11) is 0. The minimum Gasteiger partial charge on any atom is -0.477 e. The number of amides is 2. The zero-order chi connectivity index (χ0) is 19.7. The number of hydrogen-bond donors (Lipinski definition) is 3. The number of thiol groups is 1. The number of urea groups is 1. The molecule has 2 amide bonds. The summed E-state index contributed by atoms with van der Waals surface area (Å²) in [5.74, 6) is -0.639. The minimum atomic E-state index is -0.982. The van der Waals surface area contributed by atoms with Crippen LogP contribution in [-0.2, 0) is 0 Å². The Kier molecular flexibility index (Phi) is 5.14. The molecule has 0 radical (unpaired) electrons. The van der Waals surface area contributed by atoms with Crippen molar-refractivity contribution in [2.24, 2.45) is 0 Å².